The van der Waals surface area contributed by atoms with E-state index in [1.165, 1.54) is 20.2 Å². The van der Waals surface area contributed by atoms with Gasteiger partial charge in [-0.25, -0.2) is 12.7 Å². The van der Waals surface area contributed by atoms with Gasteiger partial charge >= 0.3 is 0 Å². The van der Waals surface area contributed by atoms with E-state index in [-0.39, 0.29) is 10.8 Å². The lowest BCUT2D eigenvalue weighted by Gasteiger charge is -2.16. The van der Waals surface area contributed by atoms with Crippen molar-refractivity contribution in [2.24, 2.45) is 0 Å². The Morgan fingerprint density at radius 2 is 1.92 bits per heavy atom. The number of aryl methyl sites for hydroxylation is 1. The molecular weight excluding hydrogens is 338 g/mol. The van der Waals surface area contributed by atoms with Crippen LogP contribution in [0.5, 0.6) is 0 Å². The first-order valence-corrected chi connectivity index (χ1v) is 9.39. The predicted octanol–water partition coefficient (Wildman–Crippen LogP) is 1.92. The lowest BCUT2D eigenvalue weighted by molar-refractivity contribution is 0.0953. The van der Waals surface area contributed by atoms with Crippen LogP contribution in [0.2, 0.25) is 0 Å². The van der Waals surface area contributed by atoms with E-state index >= 15 is 0 Å². The molecule has 0 aliphatic carbocycles. The average molecular weight is 361 g/mol. The highest BCUT2D eigenvalue weighted by molar-refractivity contribution is 7.89. The molecule has 0 saturated carbocycles. The SMILES string of the molecule is Cc1cc(C(=O)NCCc2ccccn2)cc(S(=O)(=O)N(C)C)c1C. The van der Waals surface area contributed by atoms with Crippen molar-refractivity contribution in [3.05, 3.63) is 58.9 Å². The summed E-state index contributed by atoms with van der Waals surface area (Å²) in [7, 11) is -0.654. The number of carbonyl (C=O) groups is 1. The summed E-state index contributed by atoms with van der Waals surface area (Å²) in [5.74, 6) is -0.297. The summed E-state index contributed by atoms with van der Waals surface area (Å²) in [6, 6.07) is 8.77. The highest BCUT2D eigenvalue weighted by Crippen LogP contribution is 2.23. The van der Waals surface area contributed by atoms with Gasteiger partial charge in [-0.05, 0) is 49.2 Å². The number of pyridine rings is 1. The molecule has 0 spiro atoms. The Labute approximate surface area is 148 Å². The van der Waals surface area contributed by atoms with Crippen molar-refractivity contribution in [1.82, 2.24) is 14.6 Å². The second kappa shape index (κ2) is 7.76. The Hall–Kier alpha value is -2.25. The quantitative estimate of drug-likeness (QED) is 0.852. The number of carbonyl (C=O) groups excluding carboxylic acids is 1. The molecule has 1 aromatic heterocycles. The molecule has 0 unspecified atom stereocenters. The van der Waals surface area contributed by atoms with Crippen molar-refractivity contribution in [2.75, 3.05) is 20.6 Å². The minimum atomic E-state index is -3.61. The maximum absolute atomic E-state index is 12.5. The van der Waals surface area contributed by atoms with E-state index in [1.54, 1.807) is 26.1 Å². The molecule has 25 heavy (non-hydrogen) atoms. The molecular formula is C18H23N3O3S. The van der Waals surface area contributed by atoms with Crippen LogP contribution in [0.15, 0.2) is 41.4 Å². The number of hydrogen-bond acceptors (Lipinski definition) is 4. The van der Waals surface area contributed by atoms with Gasteiger partial charge < -0.3 is 5.32 Å². The topological polar surface area (TPSA) is 79.4 Å². The van der Waals surface area contributed by atoms with E-state index in [0.29, 0.717) is 24.1 Å². The normalized spacial score (nSPS) is 11.6. The summed E-state index contributed by atoms with van der Waals surface area (Å²) < 4.78 is 26.1. The standard InChI is InChI=1S/C18H23N3O3S/c1-13-11-15(12-17(14(13)2)25(23,24)21(3)4)18(22)20-10-8-16-7-5-6-9-19-16/h5-7,9,11-12H,8,10H2,1-4H3,(H,20,22). The number of benzene rings is 1. The summed E-state index contributed by atoms with van der Waals surface area (Å²) in [5.41, 5.74) is 2.64. The molecule has 2 aromatic rings. The first-order valence-electron chi connectivity index (χ1n) is 7.95. The van der Waals surface area contributed by atoms with Gasteiger partial charge in [0.2, 0.25) is 10.0 Å². The Bertz CT molecular complexity index is 863. The fourth-order valence-electron chi connectivity index (χ4n) is 2.37. The molecule has 1 amide bonds. The van der Waals surface area contributed by atoms with Crippen molar-refractivity contribution in [1.29, 1.82) is 0 Å². The van der Waals surface area contributed by atoms with Crippen molar-refractivity contribution in [2.45, 2.75) is 25.2 Å². The van der Waals surface area contributed by atoms with E-state index in [2.05, 4.69) is 10.3 Å². The van der Waals surface area contributed by atoms with Gasteiger partial charge in [0.05, 0.1) is 4.90 Å². The van der Waals surface area contributed by atoms with Gasteiger partial charge in [-0.1, -0.05) is 6.07 Å². The molecule has 0 fully saturated rings. The van der Waals surface area contributed by atoms with Gasteiger partial charge in [0.1, 0.15) is 0 Å². The van der Waals surface area contributed by atoms with Gasteiger partial charge in [-0.15, -0.1) is 0 Å². The van der Waals surface area contributed by atoms with Crippen LogP contribution >= 0.6 is 0 Å². The van der Waals surface area contributed by atoms with E-state index in [0.717, 1.165) is 15.6 Å². The second-order valence-corrected chi connectivity index (χ2v) is 8.15. The summed E-state index contributed by atoms with van der Waals surface area (Å²) in [4.78, 5) is 16.8. The molecule has 0 bridgehead atoms. The number of nitrogens with zero attached hydrogens (tertiary/aromatic N) is 2. The summed E-state index contributed by atoms with van der Waals surface area (Å²) >= 11 is 0. The third-order valence-corrected chi connectivity index (χ3v) is 5.97. The Kier molecular flexibility index (Phi) is 5.92. The van der Waals surface area contributed by atoms with Crippen LogP contribution in [0.25, 0.3) is 0 Å². The smallest absolute Gasteiger partial charge is 0.251 e. The zero-order valence-corrected chi connectivity index (χ0v) is 15.7. The van der Waals surface area contributed by atoms with Gasteiger partial charge in [0.25, 0.3) is 5.91 Å². The zero-order valence-electron chi connectivity index (χ0n) is 14.9. The molecule has 0 aliphatic rings. The number of hydrogen-bond donors (Lipinski definition) is 1. The first kappa shape index (κ1) is 19.1. The van der Waals surface area contributed by atoms with Gasteiger partial charge in [-0.3, -0.25) is 9.78 Å². The van der Waals surface area contributed by atoms with E-state index in [1.807, 2.05) is 18.2 Å². The Morgan fingerprint density at radius 1 is 1.20 bits per heavy atom. The van der Waals surface area contributed by atoms with Crippen LogP contribution < -0.4 is 5.32 Å². The second-order valence-electron chi connectivity index (χ2n) is 6.03. The van der Waals surface area contributed by atoms with Gasteiger partial charge in [0.15, 0.2) is 0 Å². The lowest BCUT2D eigenvalue weighted by Crippen LogP contribution is -2.27. The van der Waals surface area contributed by atoms with Crippen molar-refractivity contribution >= 4 is 15.9 Å². The maximum atomic E-state index is 12.5. The maximum Gasteiger partial charge on any atom is 0.251 e. The van der Waals surface area contributed by atoms with Crippen LogP contribution in [-0.2, 0) is 16.4 Å². The molecule has 134 valence electrons. The molecule has 1 N–H and O–H groups in total. The predicted molar refractivity (Wildman–Crippen MR) is 97.1 cm³/mol. The summed E-state index contributed by atoms with van der Waals surface area (Å²) in [6.45, 7) is 3.97. The fourth-order valence-corrected chi connectivity index (χ4v) is 3.59. The van der Waals surface area contributed by atoms with Crippen LogP contribution in [-0.4, -0.2) is 44.3 Å². The van der Waals surface area contributed by atoms with Crippen LogP contribution in [0, 0.1) is 13.8 Å². The van der Waals surface area contributed by atoms with E-state index < -0.39 is 10.0 Å². The van der Waals surface area contributed by atoms with Crippen molar-refractivity contribution < 1.29 is 13.2 Å². The number of sulfonamides is 1. The number of rotatable bonds is 6. The number of aromatic nitrogens is 1. The van der Waals surface area contributed by atoms with Crippen LogP contribution in [0.4, 0.5) is 0 Å². The molecule has 0 radical (unpaired) electrons. The average Bonchev–Trinajstić information content (AvgIpc) is 2.57. The summed E-state index contributed by atoms with van der Waals surface area (Å²) in [6.07, 6.45) is 2.32. The highest BCUT2D eigenvalue weighted by Gasteiger charge is 2.22. The largest absolute Gasteiger partial charge is 0.352 e. The summed E-state index contributed by atoms with van der Waals surface area (Å²) in [5, 5.41) is 2.81. The van der Waals surface area contributed by atoms with E-state index in [4.69, 9.17) is 0 Å². The molecule has 7 heteroatoms. The fraction of sp³-hybridized carbons (Fsp3) is 0.333. The van der Waals surface area contributed by atoms with Crippen molar-refractivity contribution in [3.8, 4) is 0 Å². The van der Waals surface area contributed by atoms with Crippen LogP contribution in [0.1, 0.15) is 27.2 Å². The minimum Gasteiger partial charge on any atom is -0.352 e. The minimum absolute atomic E-state index is 0.160. The van der Waals surface area contributed by atoms with Crippen LogP contribution in [0.3, 0.4) is 0 Å². The number of nitrogens with one attached hydrogen (secondary N) is 1. The number of amides is 1. The molecule has 2 rings (SSSR count). The lowest BCUT2D eigenvalue weighted by atomic mass is 10.1. The molecule has 0 atom stereocenters. The van der Waals surface area contributed by atoms with Gasteiger partial charge in [-0.2, -0.15) is 0 Å². The monoisotopic (exact) mass is 361 g/mol. The molecule has 1 aromatic carbocycles. The molecule has 0 saturated heterocycles. The third-order valence-electron chi connectivity index (χ3n) is 4.03. The zero-order chi connectivity index (χ0) is 18.6. The van der Waals surface area contributed by atoms with E-state index in [9.17, 15) is 13.2 Å². The molecule has 0 aliphatic heterocycles. The van der Waals surface area contributed by atoms with Crippen molar-refractivity contribution in [3.63, 3.8) is 0 Å². The third kappa shape index (κ3) is 4.43. The Balaban J connectivity index is 2.19. The molecule has 6 nitrogen and oxygen atoms in total. The molecule has 1 heterocycles. The van der Waals surface area contributed by atoms with Gasteiger partial charge in [0, 0.05) is 44.5 Å². The highest BCUT2D eigenvalue weighted by atomic mass is 32.2. The Morgan fingerprint density at radius 3 is 2.52 bits per heavy atom. The first-order chi connectivity index (χ1) is 11.7.